The SMILES string of the molecule is CC(=O)c1c(C)[nH]c(C(=O)[C@@H](C)OC(=O)c2cccc(N(C)C)c2)c1C. The van der Waals surface area contributed by atoms with Gasteiger partial charge < -0.3 is 14.6 Å². The molecule has 0 radical (unpaired) electrons. The van der Waals surface area contributed by atoms with Crippen LogP contribution in [0.25, 0.3) is 0 Å². The van der Waals surface area contributed by atoms with Gasteiger partial charge >= 0.3 is 5.97 Å². The van der Waals surface area contributed by atoms with Crippen molar-refractivity contribution < 1.29 is 19.1 Å². The molecule has 6 nitrogen and oxygen atoms in total. The molecular weight excluding hydrogens is 332 g/mol. The Kier molecular flexibility index (Phi) is 5.65. The molecule has 26 heavy (non-hydrogen) atoms. The number of aryl methyl sites for hydroxylation is 1. The predicted molar refractivity (Wildman–Crippen MR) is 100 cm³/mol. The molecular formula is C20H24N2O4. The van der Waals surface area contributed by atoms with E-state index in [1.807, 2.05) is 25.1 Å². The topological polar surface area (TPSA) is 79.5 Å². The van der Waals surface area contributed by atoms with Crippen molar-refractivity contribution in [3.63, 3.8) is 0 Å². The second-order valence-corrected chi connectivity index (χ2v) is 6.54. The Bertz CT molecular complexity index is 865. The number of aromatic nitrogens is 1. The molecule has 6 heteroatoms. The number of hydrogen-bond acceptors (Lipinski definition) is 5. The minimum Gasteiger partial charge on any atom is -0.451 e. The van der Waals surface area contributed by atoms with Crippen LogP contribution < -0.4 is 4.90 Å². The van der Waals surface area contributed by atoms with E-state index in [9.17, 15) is 14.4 Å². The molecule has 1 aromatic carbocycles. The van der Waals surface area contributed by atoms with Crippen molar-refractivity contribution in [3.05, 3.63) is 52.3 Å². The Balaban J connectivity index is 2.19. The molecule has 138 valence electrons. The molecule has 2 aromatic rings. The summed E-state index contributed by atoms with van der Waals surface area (Å²) in [4.78, 5) is 41.6. The second kappa shape index (κ2) is 7.56. The third-order valence-corrected chi connectivity index (χ3v) is 4.29. The van der Waals surface area contributed by atoms with Crippen LogP contribution in [-0.4, -0.2) is 42.7 Å². The van der Waals surface area contributed by atoms with Crippen molar-refractivity contribution in [2.24, 2.45) is 0 Å². The maximum Gasteiger partial charge on any atom is 0.338 e. The van der Waals surface area contributed by atoms with Gasteiger partial charge in [-0.25, -0.2) is 4.79 Å². The maximum atomic E-state index is 12.7. The van der Waals surface area contributed by atoms with Crippen molar-refractivity contribution in [3.8, 4) is 0 Å². The number of Topliss-reactive ketones (excluding diaryl/α,β-unsaturated/α-hetero) is 2. The molecule has 0 aliphatic heterocycles. The Morgan fingerprint density at radius 1 is 1.15 bits per heavy atom. The molecule has 0 amide bonds. The quantitative estimate of drug-likeness (QED) is 0.634. The van der Waals surface area contributed by atoms with Crippen LogP contribution in [0.4, 0.5) is 5.69 Å². The number of rotatable bonds is 6. The summed E-state index contributed by atoms with van der Waals surface area (Å²) in [5, 5.41) is 0. The van der Waals surface area contributed by atoms with Gasteiger partial charge in [0, 0.05) is 31.0 Å². The summed E-state index contributed by atoms with van der Waals surface area (Å²) in [7, 11) is 3.75. The van der Waals surface area contributed by atoms with Gasteiger partial charge in [0.2, 0.25) is 5.78 Å². The highest BCUT2D eigenvalue weighted by atomic mass is 16.5. The van der Waals surface area contributed by atoms with Crippen LogP contribution in [0.3, 0.4) is 0 Å². The van der Waals surface area contributed by atoms with Crippen LogP contribution in [-0.2, 0) is 4.74 Å². The summed E-state index contributed by atoms with van der Waals surface area (Å²) in [5.74, 6) is -1.04. The van der Waals surface area contributed by atoms with Crippen LogP contribution in [0.2, 0.25) is 0 Å². The number of hydrogen-bond donors (Lipinski definition) is 1. The van der Waals surface area contributed by atoms with E-state index in [-0.39, 0.29) is 11.6 Å². The molecule has 0 saturated carbocycles. The Labute approximate surface area is 153 Å². The van der Waals surface area contributed by atoms with Gasteiger partial charge in [-0.15, -0.1) is 0 Å². The van der Waals surface area contributed by atoms with Crippen LogP contribution in [0, 0.1) is 13.8 Å². The van der Waals surface area contributed by atoms with Gasteiger partial charge in [-0.3, -0.25) is 9.59 Å². The van der Waals surface area contributed by atoms with Crippen molar-refractivity contribution in [2.75, 3.05) is 19.0 Å². The fraction of sp³-hybridized carbons (Fsp3) is 0.350. The number of anilines is 1. The van der Waals surface area contributed by atoms with E-state index >= 15 is 0 Å². The first-order valence-electron chi connectivity index (χ1n) is 8.36. The number of ether oxygens (including phenoxy) is 1. The predicted octanol–water partition coefficient (Wildman–Crippen LogP) is 3.33. The number of carbonyl (C=O) groups excluding carboxylic acids is 3. The zero-order valence-electron chi connectivity index (χ0n) is 16.0. The highest BCUT2D eigenvalue weighted by Crippen LogP contribution is 2.21. The van der Waals surface area contributed by atoms with Gasteiger partial charge in [0.05, 0.1) is 11.3 Å². The largest absolute Gasteiger partial charge is 0.451 e. The fourth-order valence-electron chi connectivity index (χ4n) is 2.92. The van der Waals surface area contributed by atoms with E-state index in [4.69, 9.17) is 4.74 Å². The Hall–Kier alpha value is -2.89. The van der Waals surface area contributed by atoms with Gasteiger partial charge in [0.15, 0.2) is 11.9 Å². The van der Waals surface area contributed by atoms with Gasteiger partial charge in [0.25, 0.3) is 0 Å². The summed E-state index contributed by atoms with van der Waals surface area (Å²) in [5.41, 5.74) is 3.26. The van der Waals surface area contributed by atoms with Crippen molar-refractivity contribution in [1.82, 2.24) is 4.98 Å². The molecule has 1 N–H and O–H groups in total. The highest BCUT2D eigenvalue weighted by molar-refractivity contribution is 6.05. The lowest BCUT2D eigenvalue weighted by molar-refractivity contribution is 0.0317. The fourth-order valence-corrected chi connectivity index (χ4v) is 2.92. The number of esters is 1. The minimum absolute atomic E-state index is 0.111. The number of aromatic amines is 1. The van der Waals surface area contributed by atoms with Crippen LogP contribution in [0.1, 0.15) is 56.3 Å². The van der Waals surface area contributed by atoms with E-state index in [2.05, 4.69) is 4.98 Å². The van der Waals surface area contributed by atoms with E-state index in [0.29, 0.717) is 28.1 Å². The molecule has 0 aliphatic carbocycles. The molecule has 1 atom stereocenters. The third kappa shape index (κ3) is 3.85. The summed E-state index contributed by atoms with van der Waals surface area (Å²) >= 11 is 0. The number of ketones is 2. The number of benzene rings is 1. The standard InChI is InChI=1S/C20H24N2O4/c1-11-17(13(3)23)12(2)21-18(11)19(24)14(4)26-20(25)15-8-7-9-16(10-15)22(5)6/h7-10,14,21H,1-6H3/t14-/m1/s1. The minimum atomic E-state index is -0.970. The first kappa shape index (κ1) is 19.4. The van der Waals surface area contributed by atoms with Gasteiger partial charge in [0.1, 0.15) is 0 Å². The summed E-state index contributed by atoms with van der Waals surface area (Å²) in [6.07, 6.45) is -0.970. The molecule has 0 saturated heterocycles. The lowest BCUT2D eigenvalue weighted by atomic mass is 10.0. The molecule has 1 heterocycles. The Morgan fingerprint density at radius 3 is 2.35 bits per heavy atom. The van der Waals surface area contributed by atoms with Gasteiger partial charge in [-0.1, -0.05) is 6.07 Å². The molecule has 0 bridgehead atoms. The molecule has 1 aromatic heterocycles. The van der Waals surface area contributed by atoms with E-state index < -0.39 is 12.1 Å². The Morgan fingerprint density at radius 2 is 1.81 bits per heavy atom. The van der Waals surface area contributed by atoms with Crippen molar-refractivity contribution >= 4 is 23.2 Å². The number of nitrogens with zero attached hydrogens (tertiary/aromatic N) is 1. The summed E-state index contributed by atoms with van der Waals surface area (Å²) in [6, 6.07) is 6.98. The molecule has 0 spiro atoms. The lowest BCUT2D eigenvalue weighted by Gasteiger charge is -2.15. The van der Waals surface area contributed by atoms with Gasteiger partial charge in [-0.05, 0) is 51.5 Å². The molecule has 0 aliphatic rings. The maximum absolute atomic E-state index is 12.7. The zero-order valence-corrected chi connectivity index (χ0v) is 16.0. The molecule has 0 fully saturated rings. The average Bonchev–Trinajstić information content (AvgIpc) is 2.88. The van der Waals surface area contributed by atoms with E-state index in [1.165, 1.54) is 13.8 Å². The number of nitrogens with one attached hydrogen (secondary N) is 1. The van der Waals surface area contributed by atoms with Crippen molar-refractivity contribution in [2.45, 2.75) is 33.8 Å². The van der Waals surface area contributed by atoms with Crippen LogP contribution in [0.5, 0.6) is 0 Å². The van der Waals surface area contributed by atoms with Crippen LogP contribution >= 0.6 is 0 Å². The monoisotopic (exact) mass is 356 g/mol. The van der Waals surface area contributed by atoms with E-state index in [0.717, 1.165) is 5.69 Å². The third-order valence-electron chi connectivity index (χ3n) is 4.29. The zero-order chi connectivity index (χ0) is 19.6. The summed E-state index contributed by atoms with van der Waals surface area (Å²) in [6.45, 7) is 6.43. The van der Waals surface area contributed by atoms with Crippen LogP contribution in [0.15, 0.2) is 24.3 Å². The average molecular weight is 356 g/mol. The first-order valence-corrected chi connectivity index (χ1v) is 8.36. The number of carbonyl (C=O) groups is 3. The highest BCUT2D eigenvalue weighted by Gasteiger charge is 2.26. The smallest absolute Gasteiger partial charge is 0.338 e. The second-order valence-electron chi connectivity index (χ2n) is 6.54. The number of H-pyrrole nitrogens is 1. The van der Waals surface area contributed by atoms with Crippen molar-refractivity contribution in [1.29, 1.82) is 0 Å². The first-order chi connectivity index (χ1) is 12.1. The molecule has 0 unspecified atom stereocenters. The summed E-state index contributed by atoms with van der Waals surface area (Å²) < 4.78 is 5.34. The van der Waals surface area contributed by atoms with Gasteiger partial charge in [-0.2, -0.15) is 0 Å². The molecule has 2 rings (SSSR count). The normalized spacial score (nSPS) is 11.8. The lowest BCUT2D eigenvalue weighted by Crippen LogP contribution is -2.25. The van der Waals surface area contributed by atoms with E-state index in [1.54, 1.807) is 32.0 Å².